The third kappa shape index (κ3) is 2.04. The maximum Gasteiger partial charge on any atom is 0.226 e. The molecular formula is C17H18N2O2. The number of carbonyl (C=O) groups excluding carboxylic acids is 1. The van der Waals surface area contributed by atoms with Crippen molar-refractivity contribution in [3.8, 4) is 6.07 Å². The van der Waals surface area contributed by atoms with E-state index in [-0.39, 0.29) is 11.8 Å². The van der Waals surface area contributed by atoms with Gasteiger partial charge in [-0.15, -0.1) is 0 Å². The molecule has 4 atom stereocenters. The summed E-state index contributed by atoms with van der Waals surface area (Å²) in [7, 11) is 0. The lowest BCUT2D eigenvalue weighted by atomic mass is 9.92. The van der Waals surface area contributed by atoms with Crippen LogP contribution in [0.4, 0.5) is 0 Å². The maximum atomic E-state index is 12.8. The van der Waals surface area contributed by atoms with Crippen LogP contribution in [0.25, 0.3) is 0 Å². The Morgan fingerprint density at radius 2 is 2.24 bits per heavy atom. The zero-order valence-electron chi connectivity index (χ0n) is 11.9. The smallest absolute Gasteiger partial charge is 0.226 e. The van der Waals surface area contributed by atoms with Gasteiger partial charge in [0.25, 0.3) is 0 Å². The van der Waals surface area contributed by atoms with Crippen molar-refractivity contribution < 1.29 is 9.53 Å². The molecule has 108 valence electrons. The summed E-state index contributed by atoms with van der Waals surface area (Å²) in [6, 6.07) is 10.6. The Kier molecular flexibility index (Phi) is 2.97. The molecule has 4 rings (SSSR count). The molecular weight excluding hydrogens is 264 g/mol. The molecule has 1 saturated carbocycles. The van der Waals surface area contributed by atoms with Crippen LogP contribution < -0.4 is 0 Å². The molecule has 0 spiro atoms. The van der Waals surface area contributed by atoms with Crippen molar-refractivity contribution in [2.24, 2.45) is 11.8 Å². The number of amides is 1. The molecule has 4 unspecified atom stereocenters. The zero-order chi connectivity index (χ0) is 14.4. The van der Waals surface area contributed by atoms with Crippen LogP contribution in [0.3, 0.4) is 0 Å². The summed E-state index contributed by atoms with van der Waals surface area (Å²) >= 11 is 0. The zero-order valence-corrected chi connectivity index (χ0v) is 11.9. The monoisotopic (exact) mass is 282 g/mol. The summed E-state index contributed by atoms with van der Waals surface area (Å²) in [6.07, 6.45) is 1.74. The highest BCUT2D eigenvalue weighted by molar-refractivity contribution is 5.84. The van der Waals surface area contributed by atoms with Crippen molar-refractivity contribution in [3.63, 3.8) is 0 Å². The van der Waals surface area contributed by atoms with Crippen LogP contribution in [-0.2, 0) is 16.0 Å². The average Bonchev–Trinajstić information content (AvgIpc) is 3.29. The van der Waals surface area contributed by atoms with E-state index < -0.39 is 6.10 Å². The second-order valence-corrected chi connectivity index (χ2v) is 6.23. The highest BCUT2D eigenvalue weighted by Crippen LogP contribution is 2.60. The van der Waals surface area contributed by atoms with Crippen LogP contribution in [0.2, 0.25) is 0 Å². The fourth-order valence-electron chi connectivity index (χ4n) is 4.04. The maximum absolute atomic E-state index is 12.8. The van der Waals surface area contributed by atoms with Gasteiger partial charge in [0.1, 0.15) is 0 Å². The fourth-order valence-corrected chi connectivity index (χ4v) is 4.04. The summed E-state index contributed by atoms with van der Waals surface area (Å²) in [6.45, 7) is 1.52. The van der Waals surface area contributed by atoms with E-state index >= 15 is 0 Å². The molecule has 1 aliphatic heterocycles. The topological polar surface area (TPSA) is 53.3 Å². The van der Waals surface area contributed by atoms with Gasteiger partial charge in [0.2, 0.25) is 5.91 Å². The predicted molar refractivity (Wildman–Crippen MR) is 76.4 cm³/mol. The molecule has 1 amide bonds. The number of nitriles is 1. The largest absolute Gasteiger partial charge is 0.360 e. The fraction of sp³-hybridized carbons (Fsp3) is 0.529. The Morgan fingerprint density at radius 1 is 1.38 bits per heavy atom. The van der Waals surface area contributed by atoms with Crippen LogP contribution >= 0.6 is 0 Å². The molecule has 0 aromatic heterocycles. The van der Waals surface area contributed by atoms with Crippen LogP contribution in [0.15, 0.2) is 24.3 Å². The highest BCUT2D eigenvalue weighted by Gasteiger charge is 2.58. The van der Waals surface area contributed by atoms with E-state index in [1.165, 1.54) is 11.1 Å². The SMILES string of the molecule is N#CC1CN(C(=O)C2C3CCc4ccccc4C32)CCO1. The minimum absolute atomic E-state index is 0.131. The van der Waals surface area contributed by atoms with Crippen molar-refractivity contribution in [2.45, 2.75) is 24.9 Å². The van der Waals surface area contributed by atoms with E-state index in [0.29, 0.717) is 31.5 Å². The van der Waals surface area contributed by atoms with Gasteiger partial charge < -0.3 is 9.64 Å². The van der Waals surface area contributed by atoms with Crippen LogP contribution in [0.5, 0.6) is 0 Å². The second-order valence-electron chi connectivity index (χ2n) is 6.23. The minimum atomic E-state index is -0.462. The number of nitrogens with zero attached hydrogens (tertiary/aromatic N) is 2. The van der Waals surface area contributed by atoms with Crippen molar-refractivity contribution in [2.75, 3.05) is 19.7 Å². The van der Waals surface area contributed by atoms with E-state index in [0.717, 1.165) is 12.8 Å². The quantitative estimate of drug-likeness (QED) is 0.788. The van der Waals surface area contributed by atoms with Crippen molar-refractivity contribution in [1.29, 1.82) is 5.26 Å². The molecule has 0 radical (unpaired) electrons. The summed E-state index contributed by atoms with van der Waals surface area (Å²) in [5, 5.41) is 8.97. The minimum Gasteiger partial charge on any atom is -0.360 e. The van der Waals surface area contributed by atoms with E-state index in [1.807, 2.05) is 4.90 Å². The molecule has 1 heterocycles. The lowest BCUT2D eigenvalue weighted by Gasteiger charge is -2.30. The summed E-state index contributed by atoms with van der Waals surface area (Å²) in [5.41, 5.74) is 2.78. The first-order chi connectivity index (χ1) is 10.3. The Hall–Kier alpha value is -1.86. The van der Waals surface area contributed by atoms with E-state index in [1.54, 1.807) is 0 Å². The first kappa shape index (κ1) is 12.8. The van der Waals surface area contributed by atoms with Gasteiger partial charge in [-0.1, -0.05) is 24.3 Å². The molecule has 3 aliphatic rings. The summed E-state index contributed by atoms with van der Waals surface area (Å²) in [5.74, 6) is 1.28. The van der Waals surface area contributed by atoms with E-state index in [9.17, 15) is 4.79 Å². The highest BCUT2D eigenvalue weighted by atomic mass is 16.5. The number of hydrogen-bond donors (Lipinski definition) is 0. The van der Waals surface area contributed by atoms with Crippen LogP contribution in [0.1, 0.15) is 23.5 Å². The number of rotatable bonds is 1. The average molecular weight is 282 g/mol. The Morgan fingerprint density at radius 3 is 3.10 bits per heavy atom. The molecule has 4 heteroatoms. The van der Waals surface area contributed by atoms with Gasteiger partial charge in [-0.05, 0) is 35.8 Å². The number of fused-ring (bicyclic) bond motifs is 3. The first-order valence-electron chi connectivity index (χ1n) is 7.67. The van der Waals surface area contributed by atoms with Gasteiger partial charge >= 0.3 is 0 Å². The molecule has 0 N–H and O–H groups in total. The summed E-state index contributed by atoms with van der Waals surface area (Å²) in [4.78, 5) is 14.6. The molecule has 0 bridgehead atoms. The van der Waals surface area contributed by atoms with Gasteiger partial charge in [0.15, 0.2) is 6.10 Å². The van der Waals surface area contributed by atoms with Gasteiger partial charge in [-0.25, -0.2) is 0 Å². The summed E-state index contributed by atoms with van der Waals surface area (Å²) < 4.78 is 5.33. The molecule has 1 aromatic carbocycles. The Labute approximate surface area is 124 Å². The standard InChI is InChI=1S/C17H18N2O2/c18-9-12-10-19(7-8-21-12)17(20)16-14-6-5-11-3-1-2-4-13(11)15(14)16/h1-4,12,14-16H,5-8,10H2. The van der Waals surface area contributed by atoms with Gasteiger partial charge in [-0.3, -0.25) is 4.79 Å². The van der Waals surface area contributed by atoms with Gasteiger partial charge in [0.05, 0.1) is 19.2 Å². The Bertz CT molecular complexity index is 621. The van der Waals surface area contributed by atoms with Crippen molar-refractivity contribution in [1.82, 2.24) is 4.90 Å². The molecule has 21 heavy (non-hydrogen) atoms. The second kappa shape index (κ2) is 4.85. The van der Waals surface area contributed by atoms with Crippen molar-refractivity contribution in [3.05, 3.63) is 35.4 Å². The number of aryl methyl sites for hydroxylation is 1. The van der Waals surface area contributed by atoms with Crippen LogP contribution in [-0.4, -0.2) is 36.6 Å². The lowest BCUT2D eigenvalue weighted by Crippen LogP contribution is -2.46. The van der Waals surface area contributed by atoms with Crippen LogP contribution in [0, 0.1) is 23.2 Å². The number of benzene rings is 1. The van der Waals surface area contributed by atoms with Crippen molar-refractivity contribution >= 4 is 5.91 Å². The molecule has 4 nitrogen and oxygen atoms in total. The molecule has 2 fully saturated rings. The van der Waals surface area contributed by atoms with E-state index in [2.05, 4.69) is 30.3 Å². The van der Waals surface area contributed by atoms with Gasteiger partial charge in [0, 0.05) is 12.5 Å². The number of morpholine rings is 1. The Balaban J connectivity index is 1.52. The molecule has 2 aliphatic carbocycles. The normalized spacial score (nSPS) is 33.6. The number of carbonyl (C=O) groups is 1. The van der Waals surface area contributed by atoms with Gasteiger partial charge in [-0.2, -0.15) is 5.26 Å². The van der Waals surface area contributed by atoms with E-state index in [4.69, 9.17) is 10.00 Å². The molecule has 1 aromatic rings. The predicted octanol–water partition coefficient (Wildman–Crippen LogP) is 1.71. The third-order valence-corrected chi connectivity index (χ3v) is 5.14. The number of hydrogen-bond acceptors (Lipinski definition) is 3. The third-order valence-electron chi connectivity index (χ3n) is 5.14. The number of ether oxygens (including phenoxy) is 1. The first-order valence-corrected chi connectivity index (χ1v) is 7.67. The molecule has 1 saturated heterocycles. The lowest BCUT2D eigenvalue weighted by molar-refractivity contribution is -0.138.